The number of hydrogen-bond acceptors (Lipinski definition) is 3. The van der Waals surface area contributed by atoms with Gasteiger partial charge in [0, 0.05) is 24.5 Å². The Morgan fingerprint density at radius 2 is 1.97 bits per heavy atom. The minimum absolute atomic E-state index is 0.265. The molecule has 0 aliphatic carbocycles. The molecule has 0 radical (unpaired) electrons. The van der Waals surface area contributed by atoms with E-state index in [9.17, 15) is 4.39 Å². The lowest BCUT2D eigenvalue weighted by molar-refractivity contribution is 0.627. The zero-order valence-corrected chi connectivity index (χ0v) is 16.7. The lowest BCUT2D eigenvalue weighted by Crippen LogP contribution is -2.08. The molecule has 0 atom stereocenters. The second kappa shape index (κ2) is 7.29. The Morgan fingerprint density at radius 3 is 2.76 bits per heavy atom. The molecule has 2 aromatic carbocycles. The zero-order valence-electron chi connectivity index (χ0n) is 15.9. The third kappa shape index (κ3) is 3.25. The molecular formula is C23H19FN4S. The van der Waals surface area contributed by atoms with Crippen molar-refractivity contribution in [2.75, 3.05) is 0 Å². The van der Waals surface area contributed by atoms with E-state index in [4.69, 9.17) is 4.98 Å². The molecule has 144 valence electrons. The van der Waals surface area contributed by atoms with Crippen LogP contribution in [0.25, 0.3) is 33.5 Å². The molecule has 0 spiro atoms. The predicted molar refractivity (Wildman–Crippen MR) is 115 cm³/mol. The van der Waals surface area contributed by atoms with Crippen LogP contribution in [0, 0.1) is 5.82 Å². The number of benzene rings is 2. The average molecular weight is 402 g/mol. The molecule has 0 amide bonds. The van der Waals surface area contributed by atoms with E-state index in [0.717, 1.165) is 34.8 Å². The number of aromatic nitrogens is 4. The maximum atomic E-state index is 13.7. The number of halogens is 1. The number of imidazole rings is 2. The highest BCUT2D eigenvalue weighted by Gasteiger charge is 2.14. The largest absolute Gasteiger partial charge is 0.327 e. The number of rotatable bonds is 5. The molecule has 0 aliphatic heterocycles. The van der Waals surface area contributed by atoms with Crippen molar-refractivity contribution >= 4 is 22.4 Å². The number of nitrogens with zero attached hydrogens (tertiary/aromatic N) is 4. The van der Waals surface area contributed by atoms with Gasteiger partial charge in [0.15, 0.2) is 0 Å². The summed E-state index contributed by atoms with van der Waals surface area (Å²) in [6, 6.07) is 15.1. The molecule has 5 aromatic rings. The molecule has 5 rings (SSSR count). The van der Waals surface area contributed by atoms with Gasteiger partial charge in [0.2, 0.25) is 0 Å². The van der Waals surface area contributed by atoms with E-state index in [1.165, 1.54) is 23.3 Å². The van der Waals surface area contributed by atoms with Crippen LogP contribution in [0.15, 0.2) is 71.7 Å². The molecule has 0 N–H and O–H groups in total. The summed E-state index contributed by atoms with van der Waals surface area (Å²) in [5.74, 6) is 1.43. The first-order valence-electron chi connectivity index (χ1n) is 9.51. The first-order valence-corrected chi connectivity index (χ1v) is 10.5. The third-order valence-electron chi connectivity index (χ3n) is 5.11. The molecule has 3 heterocycles. The van der Waals surface area contributed by atoms with Crippen LogP contribution in [0.3, 0.4) is 0 Å². The average Bonchev–Trinajstić information content (AvgIpc) is 3.47. The van der Waals surface area contributed by atoms with E-state index < -0.39 is 0 Å². The molecule has 0 fully saturated rings. The topological polar surface area (TPSA) is 35.6 Å². The summed E-state index contributed by atoms with van der Waals surface area (Å²) < 4.78 is 17.9. The van der Waals surface area contributed by atoms with Crippen LogP contribution in [0.2, 0.25) is 0 Å². The maximum absolute atomic E-state index is 13.7. The van der Waals surface area contributed by atoms with Crippen LogP contribution in [0.5, 0.6) is 0 Å². The highest BCUT2D eigenvalue weighted by atomic mass is 32.1. The Labute approximate surface area is 171 Å². The standard InChI is InChI=1S/C23H19FN4S/c1-2-28-21-7-6-16(18-8-11-29-15-18)13-20(21)26-22(28)14-27-10-9-25-23(27)17-4-3-5-19(24)12-17/h3-13,15H,2,14H2,1H3. The van der Waals surface area contributed by atoms with Gasteiger partial charge in [-0.1, -0.05) is 18.2 Å². The fraction of sp³-hybridized carbons (Fsp3) is 0.130. The minimum Gasteiger partial charge on any atom is -0.327 e. The Hall–Kier alpha value is -3.25. The Bertz CT molecular complexity index is 1280. The van der Waals surface area contributed by atoms with Crippen molar-refractivity contribution in [3.8, 4) is 22.5 Å². The van der Waals surface area contributed by atoms with Gasteiger partial charge in [-0.25, -0.2) is 14.4 Å². The molecule has 4 nitrogen and oxygen atoms in total. The van der Waals surface area contributed by atoms with E-state index in [2.05, 4.69) is 51.5 Å². The van der Waals surface area contributed by atoms with Crippen molar-refractivity contribution in [1.29, 1.82) is 0 Å². The Balaban J connectivity index is 1.55. The van der Waals surface area contributed by atoms with Crippen LogP contribution < -0.4 is 0 Å². The first-order chi connectivity index (χ1) is 14.2. The maximum Gasteiger partial charge on any atom is 0.140 e. The molecule has 3 aromatic heterocycles. The number of thiophene rings is 1. The Morgan fingerprint density at radius 1 is 1.03 bits per heavy atom. The van der Waals surface area contributed by atoms with E-state index in [1.807, 2.05) is 16.8 Å². The van der Waals surface area contributed by atoms with Gasteiger partial charge in [-0.15, -0.1) is 0 Å². The van der Waals surface area contributed by atoms with Gasteiger partial charge < -0.3 is 9.13 Å². The van der Waals surface area contributed by atoms with Crippen LogP contribution >= 0.6 is 11.3 Å². The Kier molecular flexibility index (Phi) is 4.48. The van der Waals surface area contributed by atoms with Crippen molar-refractivity contribution in [1.82, 2.24) is 19.1 Å². The smallest absolute Gasteiger partial charge is 0.140 e. The first kappa shape index (κ1) is 17.8. The highest BCUT2D eigenvalue weighted by molar-refractivity contribution is 7.08. The number of aryl methyl sites for hydroxylation is 1. The minimum atomic E-state index is -0.265. The van der Waals surface area contributed by atoms with Gasteiger partial charge in [0.05, 0.1) is 17.6 Å². The summed E-state index contributed by atoms with van der Waals surface area (Å²) >= 11 is 1.69. The fourth-order valence-corrected chi connectivity index (χ4v) is 4.40. The van der Waals surface area contributed by atoms with Gasteiger partial charge in [-0.05, 0) is 59.1 Å². The van der Waals surface area contributed by atoms with E-state index in [-0.39, 0.29) is 5.82 Å². The summed E-state index contributed by atoms with van der Waals surface area (Å²) in [7, 11) is 0. The fourth-order valence-electron chi connectivity index (χ4n) is 3.74. The predicted octanol–water partition coefficient (Wildman–Crippen LogP) is 5.84. The molecule has 29 heavy (non-hydrogen) atoms. The summed E-state index contributed by atoms with van der Waals surface area (Å²) in [5.41, 5.74) is 5.25. The summed E-state index contributed by atoms with van der Waals surface area (Å²) in [6.45, 7) is 3.52. The van der Waals surface area contributed by atoms with Crippen LogP contribution in [0.4, 0.5) is 4.39 Å². The van der Waals surface area contributed by atoms with Gasteiger partial charge in [-0.2, -0.15) is 11.3 Å². The molecule has 0 saturated heterocycles. The zero-order chi connectivity index (χ0) is 19.8. The second-order valence-electron chi connectivity index (χ2n) is 6.88. The van der Waals surface area contributed by atoms with Gasteiger partial charge in [0.1, 0.15) is 17.5 Å². The van der Waals surface area contributed by atoms with E-state index >= 15 is 0 Å². The van der Waals surface area contributed by atoms with Crippen molar-refractivity contribution in [3.05, 3.63) is 83.3 Å². The van der Waals surface area contributed by atoms with Crippen molar-refractivity contribution < 1.29 is 4.39 Å². The van der Waals surface area contributed by atoms with E-state index in [1.54, 1.807) is 23.6 Å². The lowest BCUT2D eigenvalue weighted by atomic mass is 10.1. The highest BCUT2D eigenvalue weighted by Crippen LogP contribution is 2.27. The van der Waals surface area contributed by atoms with Crippen molar-refractivity contribution in [2.24, 2.45) is 0 Å². The quantitative estimate of drug-likeness (QED) is 0.370. The second-order valence-corrected chi connectivity index (χ2v) is 7.66. The molecule has 0 bridgehead atoms. The monoisotopic (exact) mass is 402 g/mol. The van der Waals surface area contributed by atoms with Crippen LogP contribution in [0.1, 0.15) is 12.7 Å². The lowest BCUT2D eigenvalue weighted by Gasteiger charge is -2.10. The molecule has 6 heteroatoms. The van der Waals surface area contributed by atoms with Crippen molar-refractivity contribution in [3.63, 3.8) is 0 Å². The van der Waals surface area contributed by atoms with Gasteiger partial charge in [0.25, 0.3) is 0 Å². The third-order valence-corrected chi connectivity index (χ3v) is 5.79. The molecule has 0 saturated carbocycles. The number of hydrogen-bond donors (Lipinski definition) is 0. The normalized spacial score (nSPS) is 11.4. The van der Waals surface area contributed by atoms with Gasteiger partial charge >= 0.3 is 0 Å². The van der Waals surface area contributed by atoms with Gasteiger partial charge in [-0.3, -0.25) is 0 Å². The molecule has 0 aliphatic rings. The summed E-state index contributed by atoms with van der Waals surface area (Å²) in [5, 5.41) is 4.23. The SMILES string of the molecule is CCn1c(Cn2ccnc2-c2cccc(F)c2)nc2cc(-c3ccsc3)ccc21. The summed E-state index contributed by atoms with van der Waals surface area (Å²) in [6.07, 6.45) is 3.66. The van der Waals surface area contributed by atoms with Crippen LogP contribution in [-0.4, -0.2) is 19.1 Å². The van der Waals surface area contributed by atoms with Crippen LogP contribution in [-0.2, 0) is 13.1 Å². The number of fused-ring (bicyclic) bond motifs is 1. The van der Waals surface area contributed by atoms with E-state index in [0.29, 0.717) is 6.54 Å². The summed E-state index contributed by atoms with van der Waals surface area (Å²) in [4.78, 5) is 9.37. The molecular weight excluding hydrogens is 383 g/mol. The molecule has 0 unspecified atom stereocenters. The van der Waals surface area contributed by atoms with Crippen molar-refractivity contribution in [2.45, 2.75) is 20.0 Å².